The monoisotopic (exact) mass is 1030 g/mol. The molecule has 14 heteroatoms. The molecule has 7 rings (SSSR count). The number of fused-ring (bicyclic) bond motifs is 2. The number of hydrogen-bond acceptors (Lipinski definition) is 14. The zero-order valence-corrected chi connectivity index (χ0v) is 42.9. The highest BCUT2D eigenvalue weighted by atomic mass is 16.5. The Morgan fingerprint density at radius 3 is 1.17 bits per heavy atom. The topological polar surface area (TPSA) is 182 Å². The molecule has 1 aliphatic carbocycles. The molecule has 392 valence electrons. The van der Waals surface area contributed by atoms with Crippen molar-refractivity contribution in [3.8, 4) is 23.0 Å². The van der Waals surface area contributed by atoms with Gasteiger partial charge < -0.3 is 39.1 Å². The van der Waals surface area contributed by atoms with Gasteiger partial charge in [0.1, 0.15) is 23.0 Å². The van der Waals surface area contributed by atoms with Crippen LogP contribution in [0, 0.1) is 0 Å². The molecule has 0 aromatic heterocycles. The summed E-state index contributed by atoms with van der Waals surface area (Å²) in [6.07, 6.45) is 6.78. The van der Waals surface area contributed by atoms with Crippen LogP contribution in [0.4, 0.5) is 11.4 Å². The van der Waals surface area contributed by atoms with Crippen LogP contribution in [-0.2, 0) is 32.2 Å². The van der Waals surface area contributed by atoms with E-state index >= 15 is 0 Å². The number of rotatable bonds is 28. The summed E-state index contributed by atoms with van der Waals surface area (Å²) >= 11 is 0. The van der Waals surface area contributed by atoms with Crippen molar-refractivity contribution < 1.29 is 57.2 Å². The SMILES string of the molecule is C=C(C)C(=O)OCCCCCCOc1ccc(C(=O)Oc2ccccc2CNc2ccc(NCc3ccccc3OC(=O)c3ccc(OCCCCCCOC(=O)C(=C)C)cc3)c3c2C(=O)c2ccccc2C3=O)cc1. The molecular formula is C62H62N2O12. The Morgan fingerprint density at radius 1 is 0.434 bits per heavy atom. The predicted molar refractivity (Wildman–Crippen MR) is 290 cm³/mol. The van der Waals surface area contributed by atoms with Gasteiger partial charge in [-0.05, 0) is 138 Å². The van der Waals surface area contributed by atoms with E-state index in [2.05, 4.69) is 23.8 Å². The first-order chi connectivity index (χ1) is 36.9. The number of hydrogen-bond donors (Lipinski definition) is 2. The van der Waals surface area contributed by atoms with Crippen LogP contribution in [0.3, 0.4) is 0 Å². The van der Waals surface area contributed by atoms with Crippen LogP contribution >= 0.6 is 0 Å². The minimum absolute atomic E-state index is 0.145. The smallest absolute Gasteiger partial charge is 0.343 e. The van der Waals surface area contributed by atoms with Crippen molar-refractivity contribution in [2.75, 3.05) is 37.1 Å². The van der Waals surface area contributed by atoms with Gasteiger partial charge in [-0.1, -0.05) is 73.8 Å². The predicted octanol–water partition coefficient (Wildman–Crippen LogP) is 12.2. The van der Waals surface area contributed by atoms with E-state index in [0.29, 0.717) is 94.2 Å². The molecular weight excluding hydrogens is 965 g/mol. The number of ether oxygens (including phenoxy) is 6. The number of unbranched alkanes of at least 4 members (excludes halogenated alkanes) is 6. The molecule has 1 aliphatic rings. The zero-order chi connectivity index (χ0) is 53.8. The summed E-state index contributed by atoms with van der Waals surface area (Å²) in [4.78, 5) is 78.5. The second-order valence-electron chi connectivity index (χ2n) is 18.2. The van der Waals surface area contributed by atoms with Gasteiger partial charge in [-0.25, -0.2) is 19.2 Å². The van der Waals surface area contributed by atoms with E-state index < -0.39 is 11.9 Å². The van der Waals surface area contributed by atoms with Gasteiger partial charge in [0.25, 0.3) is 0 Å². The molecule has 76 heavy (non-hydrogen) atoms. The molecule has 0 spiro atoms. The minimum Gasteiger partial charge on any atom is -0.494 e. The summed E-state index contributed by atoms with van der Waals surface area (Å²) in [5.41, 5.74) is 4.47. The first kappa shape index (κ1) is 55.0. The summed E-state index contributed by atoms with van der Waals surface area (Å²) in [7, 11) is 0. The molecule has 6 aromatic carbocycles. The van der Waals surface area contributed by atoms with Gasteiger partial charge in [0.15, 0.2) is 11.6 Å². The second-order valence-corrected chi connectivity index (χ2v) is 18.2. The first-order valence-electron chi connectivity index (χ1n) is 25.4. The summed E-state index contributed by atoms with van der Waals surface area (Å²) in [5.74, 6) is -0.673. The molecule has 0 atom stereocenters. The number of carbonyl (C=O) groups is 6. The summed E-state index contributed by atoms with van der Waals surface area (Å²) in [6.45, 7) is 12.4. The van der Waals surface area contributed by atoms with Gasteiger partial charge in [-0.3, -0.25) is 9.59 Å². The van der Waals surface area contributed by atoms with Crippen LogP contribution in [0.5, 0.6) is 23.0 Å². The van der Waals surface area contributed by atoms with Crippen molar-refractivity contribution in [3.63, 3.8) is 0 Å². The van der Waals surface area contributed by atoms with Crippen molar-refractivity contribution in [2.24, 2.45) is 0 Å². The lowest BCUT2D eigenvalue weighted by molar-refractivity contribution is -0.139. The minimum atomic E-state index is -0.564. The third-order valence-corrected chi connectivity index (χ3v) is 12.3. The van der Waals surface area contributed by atoms with Crippen molar-refractivity contribution in [1.29, 1.82) is 0 Å². The van der Waals surface area contributed by atoms with Crippen LogP contribution < -0.4 is 29.6 Å². The van der Waals surface area contributed by atoms with Gasteiger partial charge in [-0.15, -0.1) is 0 Å². The normalized spacial score (nSPS) is 11.3. The Kier molecular flexibility index (Phi) is 19.9. The molecule has 0 unspecified atom stereocenters. The molecule has 0 aliphatic heterocycles. The van der Waals surface area contributed by atoms with Crippen molar-refractivity contribution in [2.45, 2.75) is 78.3 Å². The summed E-state index contributed by atoms with van der Waals surface area (Å²) < 4.78 is 33.8. The fourth-order valence-electron chi connectivity index (χ4n) is 8.16. The van der Waals surface area contributed by atoms with Gasteiger partial charge in [-0.2, -0.15) is 0 Å². The third-order valence-electron chi connectivity index (χ3n) is 12.3. The Morgan fingerprint density at radius 2 is 0.789 bits per heavy atom. The largest absolute Gasteiger partial charge is 0.494 e. The van der Waals surface area contributed by atoms with Crippen LogP contribution in [0.1, 0.15) is 129 Å². The van der Waals surface area contributed by atoms with Crippen molar-refractivity contribution >= 4 is 46.8 Å². The van der Waals surface area contributed by atoms with E-state index in [-0.39, 0.29) is 58.8 Å². The van der Waals surface area contributed by atoms with E-state index in [1.54, 1.807) is 123 Å². The van der Waals surface area contributed by atoms with Crippen LogP contribution in [0.15, 0.2) is 158 Å². The Bertz CT molecular complexity index is 2860. The number of anilines is 2. The van der Waals surface area contributed by atoms with E-state index in [9.17, 15) is 28.8 Å². The maximum absolute atomic E-state index is 14.3. The van der Waals surface area contributed by atoms with Crippen molar-refractivity contribution in [3.05, 3.63) is 202 Å². The van der Waals surface area contributed by atoms with E-state index in [1.807, 2.05) is 24.3 Å². The Balaban J connectivity index is 0.947. The third kappa shape index (κ3) is 15.2. The van der Waals surface area contributed by atoms with Crippen LogP contribution in [0.2, 0.25) is 0 Å². The fourth-order valence-corrected chi connectivity index (χ4v) is 8.16. The zero-order valence-electron chi connectivity index (χ0n) is 42.9. The molecule has 0 saturated carbocycles. The quantitative estimate of drug-likeness (QED) is 0.0205. The standard InChI is InChI=1S/C62H62N2O12/c1-41(2)59(67)73-37-17-7-5-15-35-71-47-29-25-43(26-30-47)61(69)75-53-23-13-9-19-45(53)39-63-51-33-34-52(56-55(51)57(65)49-21-11-12-22-50(49)58(56)66)64-40-46-20-10-14-24-54(46)76-62(70)44-27-31-48(32-28-44)72-36-16-6-8-18-38-74-60(68)42(3)4/h9-14,19-34,63-64H,1,3,5-8,15-18,35-40H2,2,4H3. The average molecular weight is 1030 g/mol. The van der Waals surface area contributed by atoms with Gasteiger partial charge in [0.2, 0.25) is 0 Å². The molecule has 0 bridgehead atoms. The Hall–Kier alpha value is -8.78. The number of para-hydroxylation sites is 2. The van der Waals surface area contributed by atoms with E-state index in [1.165, 1.54) is 0 Å². The van der Waals surface area contributed by atoms with Gasteiger partial charge >= 0.3 is 23.9 Å². The number of benzene rings is 6. The molecule has 0 saturated heterocycles. The highest BCUT2D eigenvalue weighted by molar-refractivity contribution is 6.32. The molecule has 6 aromatic rings. The second kappa shape index (κ2) is 27.5. The van der Waals surface area contributed by atoms with Gasteiger partial charge in [0.05, 0.1) is 48.7 Å². The highest BCUT2D eigenvalue weighted by Crippen LogP contribution is 2.38. The molecule has 0 amide bonds. The number of ketones is 2. The maximum atomic E-state index is 14.3. The van der Waals surface area contributed by atoms with Crippen molar-refractivity contribution in [1.82, 2.24) is 0 Å². The van der Waals surface area contributed by atoms with Gasteiger partial charge in [0, 0.05) is 57.9 Å². The molecule has 0 fully saturated rings. The van der Waals surface area contributed by atoms with Crippen LogP contribution in [-0.4, -0.2) is 61.9 Å². The molecule has 0 radical (unpaired) electrons. The average Bonchev–Trinajstić information content (AvgIpc) is 3.47. The van der Waals surface area contributed by atoms with E-state index in [4.69, 9.17) is 28.4 Å². The summed E-state index contributed by atoms with van der Waals surface area (Å²) in [5, 5.41) is 6.69. The molecule has 2 N–H and O–H groups in total. The Labute approximate surface area is 443 Å². The lowest BCUT2D eigenvalue weighted by Crippen LogP contribution is -2.24. The van der Waals surface area contributed by atoms with Crippen LogP contribution in [0.25, 0.3) is 0 Å². The number of esters is 4. The number of nitrogens with one attached hydrogen (secondary N) is 2. The highest BCUT2D eigenvalue weighted by Gasteiger charge is 2.34. The lowest BCUT2D eigenvalue weighted by Gasteiger charge is -2.24. The lowest BCUT2D eigenvalue weighted by atomic mass is 9.82. The van der Waals surface area contributed by atoms with E-state index in [0.717, 1.165) is 51.4 Å². The fraction of sp³-hybridized carbons (Fsp3) is 0.258. The first-order valence-corrected chi connectivity index (χ1v) is 25.4. The molecule has 14 nitrogen and oxygen atoms in total. The summed E-state index contributed by atoms with van der Waals surface area (Å²) in [6, 6.07) is 37.7. The number of carbonyl (C=O) groups excluding carboxylic acids is 6. The maximum Gasteiger partial charge on any atom is 0.343 e. The molecule has 0 heterocycles.